The number of aliphatic imine (C=N–C) groups is 2. The molecule has 2 aliphatic heterocycles. The number of rotatable bonds is 6. The molecule has 0 spiro atoms. The minimum absolute atomic E-state index is 0.0488. The number of aromatic nitrogens is 1. The average molecular weight is 833 g/mol. The van der Waals surface area contributed by atoms with Crippen LogP contribution in [0.4, 0.5) is 0 Å². The number of guanidine groups is 1. The van der Waals surface area contributed by atoms with Crippen LogP contribution in [-0.4, -0.2) is 21.6 Å². The van der Waals surface area contributed by atoms with Crippen molar-refractivity contribution in [2.75, 3.05) is 0 Å². The number of benzene rings is 9. The van der Waals surface area contributed by atoms with Crippen molar-refractivity contribution in [3.63, 3.8) is 0 Å². The Hall–Kier alpha value is -8.08. The lowest BCUT2D eigenvalue weighted by molar-refractivity contribution is 0.393. The van der Waals surface area contributed by atoms with Crippen molar-refractivity contribution in [1.29, 1.82) is 0 Å². The number of hydrogen-bond acceptors (Lipinski definition) is 3. The van der Waals surface area contributed by atoms with Gasteiger partial charge in [-0.15, -0.1) is 0 Å². The van der Waals surface area contributed by atoms with Crippen LogP contribution in [0.15, 0.2) is 222 Å². The molecule has 3 heterocycles. The third-order valence-electron chi connectivity index (χ3n) is 14.2. The Kier molecular flexibility index (Phi) is 8.35. The van der Waals surface area contributed by atoms with Crippen LogP contribution >= 0.6 is 0 Å². The van der Waals surface area contributed by atoms with E-state index in [0.29, 0.717) is 0 Å². The standard InChI is InChI=1S/C61H44N4/c1-61(2)53-22-13-12-21-49(53)50-32-30-47(37-54(50)61)65-55-36-46-28-27-45-35-44(39-23-25-41(26-24-39)57-59(43-19-10-5-11-20-43)64-34-14-33-62-60(64)63-57)29-31-48(45)51(46)38-52(55)56(40-15-6-3-7-16-40)58(65)42-17-8-4-9-18-42/h3-38,57,59H,1-2H3. The maximum Gasteiger partial charge on any atom is 0.226 e. The quantitative estimate of drug-likeness (QED) is 0.154. The molecule has 1 aromatic heterocycles. The van der Waals surface area contributed by atoms with Gasteiger partial charge in [0.2, 0.25) is 5.96 Å². The highest BCUT2D eigenvalue weighted by Crippen LogP contribution is 2.51. The second-order valence-corrected chi connectivity index (χ2v) is 18.2. The van der Waals surface area contributed by atoms with Crippen molar-refractivity contribution in [2.24, 2.45) is 9.98 Å². The Bertz CT molecular complexity index is 3620. The molecule has 4 nitrogen and oxygen atoms in total. The molecule has 0 saturated heterocycles. The lowest BCUT2D eigenvalue weighted by Crippen LogP contribution is -2.27. The highest BCUT2D eigenvalue weighted by molar-refractivity contribution is 6.17. The summed E-state index contributed by atoms with van der Waals surface area (Å²) in [5, 5.41) is 6.16. The normalized spacial score (nSPS) is 16.8. The first-order chi connectivity index (χ1) is 32.0. The summed E-state index contributed by atoms with van der Waals surface area (Å²) in [6.07, 6.45) is 5.90. The molecule has 0 amide bonds. The molecule has 9 aromatic carbocycles. The SMILES string of the molecule is CC1(C)c2ccccc2-c2ccc(-n3c(-c4ccccc4)c(-c4ccccc4)c4cc5c(ccc6cc(-c7ccc(C8N=C9N=CC=CN9C8c8ccccc8)cc7)ccc65)cc43)cc21. The molecular weight excluding hydrogens is 789 g/mol. The number of nitrogens with zero attached hydrogens (tertiary/aromatic N) is 4. The monoisotopic (exact) mass is 832 g/mol. The van der Waals surface area contributed by atoms with Gasteiger partial charge in [-0.05, 0) is 114 Å². The molecule has 3 aliphatic rings. The first-order valence-corrected chi connectivity index (χ1v) is 22.6. The third-order valence-corrected chi connectivity index (χ3v) is 14.2. The van der Waals surface area contributed by atoms with Crippen LogP contribution in [0.1, 0.15) is 48.2 Å². The van der Waals surface area contributed by atoms with Crippen molar-refractivity contribution in [3.05, 3.63) is 235 Å². The van der Waals surface area contributed by atoms with E-state index in [1.165, 1.54) is 105 Å². The van der Waals surface area contributed by atoms with Gasteiger partial charge in [-0.2, -0.15) is 0 Å². The maximum absolute atomic E-state index is 5.12. The highest BCUT2D eigenvalue weighted by Gasteiger charge is 2.38. The van der Waals surface area contributed by atoms with Gasteiger partial charge in [0.15, 0.2) is 0 Å². The minimum atomic E-state index is -0.118. The zero-order chi connectivity index (χ0) is 43.2. The number of hydrogen-bond donors (Lipinski definition) is 0. The Morgan fingerprint density at radius 2 is 1.17 bits per heavy atom. The highest BCUT2D eigenvalue weighted by atomic mass is 15.3. The summed E-state index contributed by atoms with van der Waals surface area (Å²) in [5.41, 5.74) is 17.3. The molecule has 10 aromatic rings. The second kappa shape index (κ2) is 14.5. The Balaban J connectivity index is 0.951. The number of fused-ring (bicyclic) bond motifs is 8. The summed E-state index contributed by atoms with van der Waals surface area (Å²) in [7, 11) is 0. The zero-order valence-electron chi connectivity index (χ0n) is 36.2. The van der Waals surface area contributed by atoms with Crippen LogP contribution in [0, 0.1) is 0 Å². The Labute approximate surface area is 378 Å². The zero-order valence-corrected chi connectivity index (χ0v) is 36.2. The summed E-state index contributed by atoms with van der Waals surface area (Å²) in [5.74, 6) is 0.761. The van der Waals surface area contributed by atoms with E-state index in [4.69, 9.17) is 4.99 Å². The maximum atomic E-state index is 5.12. The van der Waals surface area contributed by atoms with Gasteiger partial charge in [0.1, 0.15) is 6.04 Å². The molecule has 0 N–H and O–H groups in total. The van der Waals surface area contributed by atoms with Gasteiger partial charge < -0.3 is 9.47 Å². The second-order valence-electron chi connectivity index (χ2n) is 18.2. The predicted molar refractivity (Wildman–Crippen MR) is 271 cm³/mol. The fraction of sp³-hybridized carbons (Fsp3) is 0.0820. The molecule has 1 aliphatic carbocycles. The fourth-order valence-electron chi connectivity index (χ4n) is 11.1. The van der Waals surface area contributed by atoms with E-state index in [9.17, 15) is 0 Å². The summed E-state index contributed by atoms with van der Waals surface area (Å²) in [4.78, 5) is 11.9. The lowest BCUT2D eigenvalue weighted by atomic mass is 9.82. The van der Waals surface area contributed by atoms with Crippen molar-refractivity contribution in [1.82, 2.24) is 9.47 Å². The summed E-state index contributed by atoms with van der Waals surface area (Å²) >= 11 is 0. The van der Waals surface area contributed by atoms with Crippen molar-refractivity contribution < 1.29 is 0 Å². The largest absolute Gasteiger partial charge is 0.309 e. The van der Waals surface area contributed by atoms with Gasteiger partial charge in [-0.3, -0.25) is 0 Å². The smallest absolute Gasteiger partial charge is 0.226 e. The molecule has 0 fully saturated rings. The first kappa shape index (κ1) is 37.5. The van der Waals surface area contributed by atoms with E-state index in [1.807, 2.05) is 12.3 Å². The van der Waals surface area contributed by atoms with Crippen LogP contribution in [0.2, 0.25) is 0 Å². The van der Waals surface area contributed by atoms with Crippen LogP contribution < -0.4 is 0 Å². The molecule has 308 valence electrons. The van der Waals surface area contributed by atoms with Gasteiger partial charge in [0.25, 0.3) is 0 Å². The van der Waals surface area contributed by atoms with Gasteiger partial charge >= 0.3 is 0 Å². The van der Waals surface area contributed by atoms with Crippen LogP contribution in [0.5, 0.6) is 0 Å². The lowest BCUT2D eigenvalue weighted by Gasteiger charge is -2.27. The molecule has 0 radical (unpaired) electrons. The topological polar surface area (TPSA) is 32.9 Å². The molecule has 2 unspecified atom stereocenters. The Morgan fingerprint density at radius 1 is 0.492 bits per heavy atom. The molecule has 0 saturated carbocycles. The van der Waals surface area contributed by atoms with E-state index in [0.717, 1.165) is 5.96 Å². The Morgan fingerprint density at radius 3 is 1.95 bits per heavy atom. The molecule has 0 bridgehead atoms. The van der Waals surface area contributed by atoms with E-state index in [2.05, 4.69) is 235 Å². The van der Waals surface area contributed by atoms with Crippen molar-refractivity contribution in [3.8, 4) is 50.3 Å². The first-order valence-electron chi connectivity index (χ1n) is 22.6. The van der Waals surface area contributed by atoms with Crippen molar-refractivity contribution >= 4 is 44.6 Å². The van der Waals surface area contributed by atoms with Crippen LogP contribution in [0.25, 0.3) is 82.8 Å². The van der Waals surface area contributed by atoms with Gasteiger partial charge in [0.05, 0.1) is 17.3 Å². The van der Waals surface area contributed by atoms with E-state index >= 15 is 0 Å². The van der Waals surface area contributed by atoms with Crippen molar-refractivity contribution in [2.45, 2.75) is 31.3 Å². The number of allylic oxidation sites excluding steroid dienone is 1. The average Bonchev–Trinajstić information content (AvgIpc) is 3.99. The summed E-state index contributed by atoms with van der Waals surface area (Å²) in [6.45, 7) is 4.73. The molecule has 4 heteroatoms. The van der Waals surface area contributed by atoms with E-state index in [1.54, 1.807) is 0 Å². The van der Waals surface area contributed by atoms with Gasteiger partial charge in [-0.1, -0.05) is 184 Å². The minimum Gasteiger partial charge on any atom is -0.309 e. The molecular formula is C61H44N4. The van der Waals surface area contributed by atoms with Crippen LogP contribution in [-0.2, 0) is 5.41 Å². The summed E-state index contributed by atoms with van der Waals surface area (Å²) in [6, 6.07) is 74.0. The fourth-order valence-corrected chi connectivity index (χ4v) is 11.1. The van der Waals surface area contributed by atoms with Crippen LogP contribution in [0.3, 0.4) is 0 Å². The van der Waals surface area contributed by atoms with Gasteiger partial charge in [0, 0.05) is 34.5 Å². The molecule has 65 heavy (non-hydrogen) atoms. The van der Waals surface area contributed by atoms with Gasteiger partial charge in [-0.25, -0.2) is 9.98 Å². The van der Waals surface area contributed by atoms with E-state index < -0.39 is 0 Å². The van der Waals surface area contributed by atoms with E-state index in [-0.39, 0.29) is 17.5 Å². The predicted octanol–water partition coefficient (Wildman–Crippen LogP) is 15.3. The molecule has 13 rings (SSSR count). The summed E-state index contributed by atoms with van der Waals surface area (Å²) < 4.78 is 2.53. The third kappa shape index (κ3) is 5.84. The molecule has 2 atom stereocenters.